The van der Waals surface area contributed by atoms with Gasteiger partial charge in [0.1, 0.15) is 0 Å². The molecule has 226 valence electrons. The molecule has 0 atom stereocenters. The Morgan fingerprint density at radius 3 is 2.17 bits per heavy atom. The predicted octanol–water partition coefficient (Wildman–Crippen LogP) is 7.39. The second kappa shape index (κ2) is 16.5. The van der Waals surface area contributed by atoms with E-state index in [4.69, 9.17) is 4.74 Å². The average Bonchev–Trinajstić information content (AvgIpc) is 2.86. The molecule has 0 aromatic heterocycles. The normalized spacial score (nSPS) is 13.7. The minimum absolute atomic E-state index is 0.00425. The third kappa shape index (κ3) is 13.5. The molecule has 6 nitrogen and oxygen atoms in total. The number of rotatable bonds is 12. The average molecular weight is 565 g/mol. The van der Waals surface area contributed by atoms with Crippen molar-refractivity contribution in [2.45, 2.75) is 105 Å². The third-order valence-corrected chi connectivity index (χ3v) is 6.65. The number of ether oxygens (including phenoxy) is 1. The minimum atomic E-state index is -0.747. The SMILES string of the molecule is CC(C)(O)CCOC(C)(C)CCNC(=O)CCCCC(=O)N1Cc2ccccc2/C=C\c2ccccc21.CC(C)C. The smallest absolute Gasteiger partial charge is 0.227 e. The van der Waals surface area contributed by atoms with Gasteiger partial charge in [-0.15, -0.1) is 0 Å². The molecule has 0 saturated carbocycles. The topological polar surface area (TPSA) is 78.9 Å². The quantitative estimate of drug-likeness (QED) is 0.264. The van der Waals surface area contributed by atoms with Crippen LogP contribution in [-0.4, -0.2) is 41.3 Å². The summed E-state index contributed by atoms with van der Waals surface area (Å²) in [6, 6.07) is 16.1. The molecule has 0 fully saturated rings. The maximum Gasteiger partial charge on any atom is 0.227 e. The molecule has 1 aliphatic heterocycles. The number of anilines is 1. The fraction of sp³-hybridized carbons (Fsp3) is 0.543. The largest absolute Gasteiger partial charge is 0.390 e. The highest BCUT2D eigenvalue weighted by atomic mass is 16.5. The molecule has 0 saturated heterocycles. The Labute approximate surface area is 248 Å². The number of benzene rings is 2. The van der Waals surface area contributed by atoms with Crippen molar-refractivity contribution in [3.63, 3.8) is 0 Å². The van der Waals surface area contributed by atoms with Gasteiger partial charge < -0.3 is 20.1 Å². The molecule has 3 rings (SSSR count). The second-order valence-corrected chi connectivity index (χ2v) is 12.8. The van der Waals surface area contributed by atoms with E-state index in [9.17, 15) is 14.7 Å². The van der Waals surface area contributed by atoms with Crippen molar-refractivity contribution in [3.05, 3.63) is 65.2 Å². The van der Waals surface area contributed by atoms with E-state index in [1.54, 1.807) is 13.8 Å². The molecule has 1 aliphatic rings. The first-order valence-electron chi connectivity index (χ1n) is 15.1. The Balaban J connectivity index is 0.00000138. The number of nitrogens with zero attached hydrogens (tertiary/aromatic N) is 1. The van der Waals surface area contributed by atoms with Crippen LogP contribution in [0.25, 0.3) is 12.2 Å². The van der Waals surface area contributed by atoms with Crippen molar-refractivity contribution in [3.8, 4) is 0 Å². The van der Waals surface area contributed by atoms with Crippen molar-refractivity contribution < 1.29 is 19.4 Å². The zero-order valence-electron chi connectivity index (χ0n) is 26.3. The lowest BCUT2D eigenvalue weighted by Gasteiger charge is -2.27. The molecule has 2 aromatic rings. The third-order valence-electron chi connectivity index (χ3n) is 6.65. The molecule has 6 heteroatoms. The number of para-hydroxylation sites is 1. The number of hydrogen-bond acceptors (Lipinski definition) is 4. The predicted molar refractivity (Wildman–Crippen MR) is 171 cm³/mol. The van der Waals surface area contributed by atoms with Crippen LogP contribution < -0.4 is 10.2 Å². The molecule has 2 amide bonds. The zero-order valence-corrected chi connectivity index (χ0v) is 26.3. The van der Waals surface area contributed by atoms with Crippen molar-refractivity contribution >= 4 is 29.7 Å². The van der Waals surface area contributed by atoms with Crippen molar-refractivity contribution in [2.75, 3.05) is 18.1 Å². The maximum absolute atomic E-state index is 13.3. The number of aliphatic hydroxyl groups is 1. The van der Waals surface area contributed by atoms with E-state index in [-0.39, 0.29) is 17.4 Å². The molecule has 0 bridgehead atoms. The van der Waals surface area contributed by atoms with Crippen LogP contribution in [-0.2, 0) is 20.9 Å². The van der Waals surface area contributed by atoms with Crippen molar-refractivity contribution in [2.24, 2.45) is 5.92 Å². The van der Waals surface area contributed by atoms with Crippen molar-refractivity contribution in [1.29, 1.82) is 0 Å². The molecule has 0 unspecified atom stereocenters. The van der Waals surface area contributed by atoms with Gasteiger partial charge in [0.15, 0.2) is 0 Å². The Bertz CT molecular complexity index is 1130. The highest BCUT2D eigenvalue weighted by Gasteiger charge is 2.22. The van der Waals surface area contributed by atoms with Crippen LogP contribution in [0.3, 0.4) is 0 Å². The molecular formula is C35H52N2O4. The van der Waals surface area contributed by atoms with Crippen LogP contribution in [0.2, 0.25) is 0 Å². The standard InChI is InChI=1S/C31H42N2O4.C4H10/c1-30(2,36)20-22-37-31(3,4)19-21-32-28(34)15-9-10-16-29(35)33-23-26-13-6-5-11-24(26)17-18-25-12-7-8-14-27(25)33;1-4(2)3/h5-8,11-14,17-18,36H,9-10,15-16,19-23H2,1-4H3,(H,32,34);4H,1-3H3/b18-17-;. The number of carbonyl (C=O) groups excluding carboxylic acids is 2. The van der Waals surface area contributed by atoms with Crippen LogP contribution in [0, 0.1) is 5.92 Å². The highest BCUT2D eigenvalue weighted by Crippen LogP contribution is 2.29. The summed E-state index contributed by atoms with van der Waals surface area (Å²) in [4.78, 5) is 27.5. The summed E-state index contributed by atoms with van der Waals surface area (Å²) in [5, 5.41) is 12.8. The monoisotopic (exact) mass is 564 g/mol. The van der Waals surface area contributed by atoms with Gasteiger partial charge in [-0.3, -0.25) is 9.59 Å². The van der Waals surface area contributed by atoms with Crippen LogP contribution >= 0.6 is 0 Å². The van der Waals surface area contributed by atoms with E-state index < -0.39 is 5.60 Å². The van der Waals surface area contributed by atoms with Gasteiger partial charge in [-0.05, 0) is 82.1 Å². The van der Waals surface area contributed by atoms with E-state index in [0.29, 0.717) is 58.2 Å². The maximum atomic E-state index is 13.3. The first-order chi connectivity index (χ1) is 19.3. The van der Waals surface area contributed by atoms with Gasteiger partial charge in [-0.2, -0.15) is 0 Å². The van der Waals surface area contributed by atoms with Gasteiger partial charge in [0.2, 0.25) is 11.8 Å². The first kappa shape index (κ1) is 34.2. The molecule has 41 heavy (non-hydrogen) atoms. The Morgan fingerprint density at radius 2 is 1.49 bits per heavy atom. The lowest BCUT2D eigenvalue weighted by atomic mass is 10.0. The molecule has 1 heterocycles. The Hall–Kier alpha value is -2.96. The van der Waals surface area contributed by atoms with E-state index >= 15 is 0 Å². The highest BCUT2D eigenvalue weighted by molar-refractivity contribution is 5.97. The molecule has 0 radical (unpaired) electrons. The van der Waals surface area contributed by atoms with E-state index in [1.807, 2.05) is 55.1 Å². The van der Waals surface area contributed by atoms with Gasteiger partial charge in [0.05, 0.1) is 30.0 Å². The van der Waals surface area contributed by atoms with Gasteiger partial charge in [-0.1, -0.05) is 75.4 Å². The van der Waals surface area contributed by atoms with Crippen LogP contribution in [0.5, 0.6) is 0 Å². The number of hydrogen-bond donors (Lipinski definition) is 2. The summed E-state index contributed by atoms with van der Waals surface area (Å²) in [6.07, 6.45) is 7.55. The number of unbranched alkanes of at least 4 members (excludes halogenated alkanes) is 1. The molecule has 2 N–H and O–H groups in total. The number of amides is 2. The van der Waals surface area contributed by atoms with Gasteiger partial charge in [-0.25, -0.2) is 0 Å². The number of fused-ring (bicyclic) bond motifs is 2. The molecule has 2 aromatic carbocycles. The van der Waals surface area contributed by atoms with E-state index in [1.165, 1.54) is 0 Å². The lowest BCUT2D eigenvalue weighted by Crippen LogP contribution is -2.34. The zero-order chi connectivity index (χ0) is 30.5. The second-order valence-electron chi connectivity index (χ2n) is 12.8. The van der Waals surface area contributed by atoms with Crippen LogP contribution in [0.1, 0.15) is 104 Å². The molecule has 0 aliphatic carbocycles. The van der Waals surface area contributed by atoms with E-state index in [0.717, 1.165) is 28.3 Å². The molecular weight excluding hydrogens is 512 g/mol. The van der Waals surface area contributed by atoms with Gasteiger partial charge in [0.25, 0.3) is 0 Å². The fourth-order valence-corrected chi connectivity index (χ4v) is 4.31. The number of carbonyl (C=O) groups is 2. The molecule has 0 spiro atoms. The number of nitrogens with one attached hydrogen (secondary N) is 1. The lowest BCUT2D eigenvalue weighted by molar-refractivity contribution is -0.122. The summed E-state index contributed by atoms with van der Waals surface area (Å²) < 4.78 is 5.88. The van der Waals surface area contributed by atoms with Gasteiger partial charge >= 0.3 is 0 Å². The summed E-state index contributed by atoms with van der Waals surface area (Å²) in [5.74, 6) is 0.901. The summed E-state index contributed by atoms with van der Waals surface area (Å²) in [5.41, 5.74) is 3.06. The Kier molecular flexibility index (Phi) is 13.8. The summed E-state index contributed by atoms with van der Waals surface area (Å²) in [6.45, 7) is 15.6. The minimum Gasteiger partial charge on any atom is -0.390 e. The Morgan fingerprint density at radius 1 is 0.902 bits per heavy atom. The first-order valence-corrected chi connectivity index (χ1v) is 15.1. The van der Waals surface area contributed by atoms with E-state index in [2.05, 4.69) is 50.4 Å². The summed E-state index contributed by atoms with van der Waals surface area (Å²) >= 11 is 0. The van der Waals surface area contributed by atoms with Crippen LogP contribution in [0.4, 0.5) is 5.69 Å². The summed E-state index contributed by atoms with van der Waals surface area (Å²) in [7, 11) is 0. The van der Waals surface area contributed by atoms with Crippen LogP contribution in [0.15, 0.2) is 48.5 Å². The van der Waals surface area contributed by atoms with Crippen molar-refractivity contribution in [1.82, 2.24) is 5.32 Å². The fourth-order valence-electron chi connectivity index (χ4n) is 4.31. The van der Waals surface area contributed by atoms with Gasteiger partial charge in [0, 0.05) is 19.4 Å².